The van der Waals surface area contributed by atoms with E-state index in [1.165, 1.54) is 10.3 Å². The molecule has 8 heteroatoms. The summed E-state index contributed by atoms with van der Waals surface area (Å²) in [4.78, 5) is 0. The summed E-state index contributed by atoms with van der Waals surface area (Å²) in [7, 11) is 0. The summed E-state index contributed by atoms with van der Waals surface area (Å²) in [5.41, 5.74) is 4.13. The van der Waals surface area contributed by atoms with Gasteiger partial charge in [0.05, 0.1) is 24.5 Å². The fourth-order valence-corrected chi connectivity index (χ4v) is 13.1. The number of hydrogen-bond donors (Lipinski definition) is 0. The molecule has 4 aromatic rings. The van der Waals surface area contributed by atoms with E-state index in [1.807, 2.05) is 0 Å². The van der Waals surface area contributed by atoms with Crippen molar-refractivity contribution < 1.29 is 8.96 Å². The monoisotopic (exact) mass is 482 g/mol. The third-order valence-electron chi connectivity index (χ3n) is 9.20. The first-order valence-electron chi connectivity index (χ1n) is 12.6. The predicted octanol–water partition coefficient (Wildman–Crippen LogP) is 4.97. The van der Waals surface area contributed by atoms with Crippen molar-refractivity contribution in [1.82, 2.24) is 9.13 Å². The van der Waals surface area contributed by atoms with Crippen LogP contribution in [0, 0.1) is 0 Å². The quantitative estimate of drug-likeness (QED) is 0.376. The molecule has 0 amide bonds. The second kappa shape index (κ2) is 6.27. The molecule has 2 aromatic carbocycles. The summed E-state index contributed by atoms with van der Waals surface area (Å²) in [5, 5.41) is 2.88. The molecule has 4 aliphatic heterocycles. The van der Waals surface area contributed by atoms with Gasteiger partial charge in [-0.2, -0.15) is 0 Å². The van der Waals surface area contributed by atoms with E-state index in [2.05, 4.69) is 142 Å². The van der Waals surface area contributed by atoms with E-state index in [-0.39, 0.29) is 0 Å². The van der Waals surface area contributed by atoms with E-state index in [9.17, 15) is 0 Å². The van der Waals surface area contributed by atoms with Crippen molar-refractivity contribution in [2.75, 3.05) is 0 Å². The Bertz CT molecular complexity index is 1360. The molecule has 0 radical (unpaired) electrons. The van der Waals surface area contributed by atoms with Gasteiger partial charge in [-0.05, 0) is 27.7 Å². The van der Waals surface area contributed by atoms with Crippen LogP contribution in [0.5, 0.6) is 0 Å². The Morgan fingerprint density at radius 2 is 1.00 bits per heavy atom. The second-order valence-corrected chi connectivity index (χ2v) is 13.9. The third-order valence-corrected chi connectivity index (χ3v) is 13.2. The van der Waals surface area contributed by atoms with Crippen molar-refractivity contribution in [1.29, 1.82) is 0 Å². The molecule has 2 bridgehead atoms. The van der Waals surface area contributed by atoms with Crippen molar-refractivity contribution in [2.45, 2.75) is 61.7 Å². The largest absolute Gasteiger partial charge is 0.439 e. The number of nitrogens with zero attached hydrogens (tertiary/aromatic N) is 4. The number of fused-ring (bicyclic) bond motifs is 2. The van der Waals surface area contributed by atoms with Crippen LogP contribution in [0.3, 0.4) is 0 Å². The molecule has 2 atom stereocenters. The van der Waals surface area contributed by atoms with Gasteiger partial charge in [0, 0.05) is 0 Å². The summed E-state index contributed by atoms with van der Waals surface area (Å²) >= 11 is 4.39. The summed E-state index contributed by atoms with van der Waals surface area (Å²) in [6.45, 7) is 9.25. The molecule has 0 spiro atoms. The van der Waals surface area contributed by atoms with Gasteiger partial charge >= 0.3 is 0 Å². The smallest absolute Gasteiger partial charge is 0.230 e. The van der Waals surface area contributed by atoms with Crippen molar-refractivity contribution in [3.05, 3.63) is 95.6 Å². The third kappa shape index (κ3) is 1.92. The lowest BCUT2D eigenvalue weighted by Gasteiger charge is -2.63. The summed E-state index contributed by atoms with van der Waals surface area (Å²) in [6, 6.07) is 19.6. The van der Waals surface area contributed by atoms with Crippen LogP contribution in [0.4, 0.5) is 0 Å². The molecular weight excluding hydrogens is 454 g/mol. The molecule has 2 aromatic heterocycles. The molecule has 0 unspecified atom stereocenters. The van der Waals surface area contributed by atoms with Crippen molar-refractivity contribution in [2.24, 2.45) is 0 Å². The fraction of sp³-hybridized carbons (Fsp3) is 0.308. The van der Waals surface area contributed by atoms with E-state index in [1.54, 1.807) is 22.3 Å². The molecular formula is C26H28B2N4S2. The van der Waals surface area contributed by atoms with E-state index >= 15 is 0 Å². The number of aromatic nitrogens is 4. The zero-order chi connectivity index (χ0) is 23.0. The first kappa shape index (κ1) is 19.9. The van der Waals surface area contributed by atoms with Crippen LogP contribution in [0.2, 0.25) is 0 Å². The van der Waals surface area contributed by atoms with Crippen LogP contribution in [0.1, 0.15) is 73.7 Å². The lowest BCUT2D eigenvalue weighted by atomic mass is 9.03. The average Bonchev–Trinajstić information content (AvgIpc) is 3.55. The minimum atomic E-state index is -1.04. The summed E-state index contributed by atoms with van der Waals surface area (Å²) in [5.74, 6) is 0.759. The fourth-order valence-electron chi connectivity index (χ4n) is 8.09. The van der Waals surface area contributed by atoms with Gasteiger partial charge in [0.15, 0.2) is 10.9 Å². The van der Waals surface area contributed by atoms with E-state index < -0.39 is 10.9 Å². The van der Waals surface area contributed by atoms with Crippen molar-refractivity contribution in [3.63, 3.8) is 0 Å². The number of imidazole rings is 2. The molecule has 0 fully saturated rings. The molecule has 4 nitrogen and oxygen atoms in total. The van der Waals surface area contributed by atoms with Gasteiger partial charge in [0.2, 0.25) is 10.3 Å². The van der Waals surface area contributed by atoms with E-state index in [0.717, 1.165) is 0 Å². The molecule has 9 rings (SSSR count). The number of hydrogen-bond acceptors (Lipinski definition) is 2. The maximum Gasteiger partial charge on any atom is 0.230 e. The lowest BCUT2D eigenvalue weighted by Crippen LogP contribution is -2.87. The topological polar surface area (TPSA) is 17.6 Å². The summed E-state index contributed by atoms with van der Waals surface area (Å²) in [6.07, 6.45) is 9.48. The van der Waals surface area contributed by atoms with Gasteiger partial charge in [-0.1, -0.05) is 82.4 Å². The van der Waals surface area contributed by atoms with Gasteiger partial charge in [-0.25, -0.2) is 32.4 Å². The molecule has 170 valence electrons. The van der Waals surface area contributed by atoms with Crippen LogP contribution in [-0.4, -0.2) is 20.0 Å². The maximum absolute atomic E-state index is 2.75. The molecule has 0 saturated heterocycles. The molecule has 1 aliphatic carbocycles. The van der Waals surface area contributed by atoms with Crippen LogP contribution >= 0.6 is 23.2 Å². The highest BCUT2D eigenvalue weighted by atomic mass is 32.2. The Morgan fingerprint density at radius 1 is 0.647 bits per heavy atom. The molecule has 34 heavy (non-hydrogen) atoms. The van der Waals surface area contributed by atoms with Gasteiger partial charge < -0.3 is 8.96 Å². The first-order chi connectivity index (χ1) is 16.5. The predicted molar refractivity (Wildman–Crippen MR) is 141 cm³/mol. The van der Waals surface area contributed by atoms with Crippen LogP contribution < -0.4 is 8.96 Å². The normalized spacial score (nSPS) is 29.1. The van der Waals surface area contributed by atoms with E-state index in [0.29, 0.717) is 23.7 Å². The van der Waals surface area contributed by atoms with Gasteiger partial charge in [-0.15, -0.1) is 0 Å². The van der Waals surface area contributed by atoms with E-state index in [4.69, 9.17) is 0 Å². The minimum Gasteiger partial charge on any atom is -0.439 e. The Kier molecular flexibility index (Phi) is 3.68. The Labute approximate surface area is 209 Å². The van der Waals surface area contributed by atoms with Crippen molar-refractivity contribution >= 4 is 34.1 Å². The lowest BCUT2D eigenvalue weighted by molar-refractivity contribution is -0.596. The Balaban J connectivity index is 1.54. The highest BCUT2D eigenvalue weighted by Crippen LogP contribution is 2.69. The zero-order valence-electron chi connectivity index (χ0n) is 20.0. The average molecular weight is 482 g/mol. The molecule has 5 aliphatic rings. The van der Waals surface area contributed by atoms with Crippen molar-refractivity contribution in [3.8, 4) is 0 Å². The summed E-state index contributed by atoms with van der Waals surface area (Å²) < 4.78 is 10.5. The standard InChI is InChI=1S/C26H28B2N4S2/c1-17(2)29-13-15-31-25(29)33-28-24-21-11-7-5-9-19(21)23(20-10-6-8-12-22(20)24)27(28,31)34-26-30(18(3)4)14-16-32(26)28/h5-18,23-24H,1-4H3/t23?,24?,27-,28-/m1/s1. The molecule has 0 saturated carbocycles. The van der Waals surface area contributed by atoms with Gasteiger partial charge in [0.1, 0.15) is 12.4 Å². The number of rotatable bonds is 2. The minimum absolute atomic E-state index is 0.379. The highest BCUT2D eigenvalue weighted by Gasteiger charge is 2.74. The maximum atomic E-state index is 2.75. The molecule has 6 heterocycles. The SMILES string of the molecule is CC(C)n1cc[n+]2c1S[B@-]13C4c5ccccc5C(c5ccccc54)[B@-]21Sc1n(C(C)C)cc[n+]13. The molecule has 0 N–H and O–H groups in total. The number of benzene rings is 2. The first-order valence-corrected chi connectivity index (χ1v) is 14.4. The zero-order valence-corrected chi connectivity index (χ0v) is 21.6. The van der Waals surface area contributed by atoms with Crippen LogP contribution in [0.15, 0.2) is 83.6 Å². The second-order valence-electron chi connectivity index (χ2n) is 11.2. The van der Waals surface area contributed by atoms with Gasteiger partial charge in [-0.3, -0.25) is 0 Å². The highest BCUT2D eigenvalue weighted by molar-refractivity contribution is 8.50. The van der Waals surface area contributed by atoms with Crippen LogP contribution in [-0.2, 0) is 0 Å². The Morgan fingerprint density at radius 3 is 1.32 bits per heavy atom. The van der Waals surface area contributed by atoms with Crippen LogP contribution in [0.25, 0.3) is 0 Å². The Hall–Kier alpha value is -2.31. The van der Waals surface area contributed by atoms with Gasteiger partial charge in [0.25, 0.3) is 0 Å².